The van der Waals surface area contributed by atoms with Crippen LogP contribution in [0.3, 0.4) is 0 Å². The Morgan fingerprint density at radius 2 is 1.83 bits per heavy atom. The fourth-order valence-corrected chi connectivity index (χ4v) is 4.04. The summed E-state index contributed by atoms with van der Waals surface area (Å²) in [4.78, 5) is 17.5. The molecule has 36 heavy (non-hydrogen) atoms. The Morgan fingerprint density at radius 3 is 2.53 bits per heavy atom. The fraction of sp³-hybridized carbons (Fsp3) is 0.241. The van der Waals surface area contributed by atoms with Crippen molar-refractivity contribution in [3.63, 3.8) is 0 Å². The highest BCUT2D eigenvalue weighted by atomic mass is 16.5. The van der Waals surface area contributed by atoms with Crippen LogP contribution in [0.4, 0.5) is 0 Å². The molecule has 0 amide bonds. The number of hydrogen-bond acceptors (Lipinski definition) is 6. The second kappa shape index (κ2) is 11.6. The van der Waals surface area contributed by atoms with Gasteiger partial charge in [-0.05, 0) is 47.5 Å². The number of aliphatic carboxylic acids is 1. The highest BCUT2D eigenvalue weighted by Gasteiger charge is 2.53. The topological polar surface area (TPSA) is 97.6 Å². The predicted molar refractivity (Wildman–Crippen MR) is 137 cm³/mol. The Hall–Kier alpha value is -4.10. The number of carboxylic acids is 1. The van der Waals surface area contributed by atoms with Crippen LogP contribution in [-0.2, 0) is 9.53 Å². The predicted octanol–water partition coefficient (Wildman–Crippen LogP) is 4.90. The van der Waals surface area contributed by atoms with Gasteiger partial charge in [-0.15, -0.1) is 0 Å². The molecule has 0 aromatic heterocycles. The number of aliphatic imine (C=N–C) groups is 1. The molecule has 4 rings (SSSR count). The molecule has 1 aliphatic heterocycles. The van der Waals surface area contributed by atoms with Crippen LogP contribution in [0.1, 0.15) is 35.6 Å². The van der Waals surface area contributed by atoms with E-state index >= 15 is 0 Å². The number of carboxylic acid groups (broad SMARTS) is 1. The molecular formula is C29H29NO6. The van der Waals surface area contributed by atoms with E-state index < -0.39 is 17.6 Å². The minimum atomic E-state index is -1.57. The number of benzene rings is 3. The standard InChI is InChI=1S/C29H29NO6/c1-34-25-12-5-11-23(20-25)26-29(28(32)33,17-6-10-21-8-3-2-4-9-21)30-27(36-26)22-13-15-24(16-14-22)35-19-7-18-31/h2-6,8-16,20,26,31H,7,17-19H2,1H3,(H,32,33)/b10-6+/t26-,29-/m1/s1. The van der Waals surface area contributed by atoms with E-state index in [1.165, 1.54) is 0 Å². The average molecular weight is 488 g/mol. The first-order valence-corrected chi connectivity index (χ1v) is 11.8. The summed E-state index contributed by atoms with van der Waals surface area (Å²) in [5.41, 5.74) is 0.708. The van der Waals surface area contributed by atoms with E-state index in [1.807, 2.05) is 48.6 Å². The van der Waals surface area contributed by atoms with E-state index in [2.05, 4.69) is 4.99 Å². The first-order chi connectivity index (χ1) is 17.6. The van der Waals surface area contributed by atoms with Gasteiger partial charge in [-0.25, -0.2) is 9.79 Å². The molecule has 0 bridgehead atoms. The zero-order valence-electron chi connectivity index (χ0n) is 20.0. The third kappa shape index (κ3) is 5.58. The van der Waals surface area contributed by atoms with Gasteiger partial charge in [0.2, 0.25) is 11.4 Å². The number of aliphatic hydroxyl groups is 1. The van der Waals surface area contributed by atoms with Crippen LogP contribution in [-0.4, -0.2) is 47.9 Å². The van der Waals surface area contributed by atoms with Gasteiger partial charge < -0.3 is 24.4 Å². The largest absolute Gasteiger partial charge is 0.497 e. The lowest BCUT2D eigenvalue weighted by Gasteiger charge is -2.27. The molecule has 0 unspecified atom stereocenters. The molecule has 0 aliphatic carbocycles. The second-order valence-electron chi connectivity index (χ2n) is 8.39. The quantitative estimate of drug-likeness (QED) is 0.373. The number of aliphatic hydroxyl groups excluding tert-OH is 1. The van der Waals surface area contributed by atoms with Crippen molar-refractivity contribution in [1.82, 2.24) is 0 Å². The van der Waals surface area contributed by atoms with Crippen LogP contribution in [0.25, 0.3) is 6.08 Å². The molecule has 7 nitrogen and oxygen atoms in total. The molecule has 1 heterocycles. The highest BCUT2D eigenvalue weighted by Crippen LogP contribution is 2.43. The number of ether oxygens (including phenoxy) is 3. The lowest BCUT2D eigenvalue weighted by Crippen LogP contribution is -2.40. The first kappa shape index (κ1) is 25.0. The summed E-state index contributed by atoms with van der Waals surface area (Å²) < 4.78 is 17.2. The van der Waals surface area contributed by atoms with Crippen molar-refractivity contribution in [3.05, 3.63) is 102 Å². The van der Waals surface area contributed by atoms with Crippen molar-refractivity contribution in [1.29, 1.82) is 0 Å². The molecule has 186 valence electrons. The smallest absolute Gasteiger partial charge is 0.336 e. The van der Waals surface area contributed by atoms with Gasteiger partial charge in [0.1, 0.15) is 11.5 Å². The maximum Gasteiger partial charge on any atom is 0.336 e. The van der Waals surface area contributed by atoms with Crippen molar-refractivity contribution in [2.45, 2.75) is 24.5 Å². The van der Waals surface area contributed by atoms with E-state index in [-0.39, 0.29) is 18.9 Å². The fourth-order valence-electron chi connectivity index (χ4n) is 4.04. The van der Waals surface area contributed by atoms with Gasteiger partial charge in [0.25, 0.3) is 0 Å². The van der Waals surface area contributed by atoms with Gasteiger partial charge in [0.05, 0.1) is 13.7 Å². The number of carbonyl (C=O) groups is 1. The monoisotopic (exact) mass is 487 g/mol. The maximum atomic E-state index is 12.8. The molecule has 0 fully saturated rings. The summed E-state index contributed by atoms with van der Waals surface area (Å²) in [5, 5.41) is 19.4. The SMILES string of the molecule is COc1cccc([C@H]2OC(c3ccc(OCCCO)cc3)=N[C@@]2(C/C=C/c2ccccc2)C(=O)O)c1. The molecule has 3 aromatic carbocycles. The van der Waals surface area contributed by atoms with Gasteiger partial charge in [0.15, 0.2) is 6.10 Å². The van der Waals surface area contributed by atoms with Crippen molar-refractivity contribution < 1.29 is 29.2 Å². The molecular weight excluding hydrogens is 458 g/mol. The third-order valence-electron chi connectivity index (χ3n) is 5.94. The average Bonchev–Trinajstić information content (AvgIpc) is 3.31. The van der Waals surface area contributed by atoms with Gasteiger partial charge in [-0.3, -0.25) is 0 Å². The van der Waals surface area contributed by atoms with Crippen molar-refractivity contribution >= 4 is 17.9 Å². The normalized spacial score (nSPS) is 19.1. The first-order valence-electron chi connectivity index (χ1n) is 11.8. The van der Waals surface area contributed by atoms with Crippen LogP contribution >= 0.6 is 0 Å². The summed E-state index contributed by atoms with van der Waals surface area (Å²) in [6.07, 6.45) is 3.52. The lowest BCUT2D eigenvalue weighted by atomic mass is 9.85. The van der Waals surface area contributed by atoms with Gasteiger partial charge in [-0.1, -0.05) is 54.6 Å². The minimum absolute atomic E-state index is 0.0599. The van der Waals surface area contributed by atoms with E-state index in [0.29, 0.717) is 35.7 Å². The minimum Gasteiger partial charge on any atom is -0.497 e. The van der Waals surface area contributed by atoms with Gasteiger partial charge in [-0.2, -0.15) is 0 Å². The van der Waals surface area contributed by atoms with Gasteiger partial charge in [0, 0.05) is 25.0 Å². The van der Waals surface area contributed by atoms with Crippen LogP contribution in [0.2, 0.25) is 0 Å². The van der Waals surface area contributed by atoms with Crippen LogP contribution < -0.4 is 9.47 Å². The van der Waals surface area contributed by atoms with Crippen molar-refractivity contribution in [3.8, 4) is 11.5 Å². The molecule has 0 radical (unpaired) electrons. The van der Waals surface area contributed by atoms with E-state index in [1.54, 1.807) is 49.6 Å². The summed E-state index contributed by atoms with van der Waals surface area (Å²) in [7, 11) is 1.56. The zero-order chi connectivity index (χ0) is 25.4. The second-order valence-corrected chi connectivity index (χ2v) is 8.39. The summed E-state index contributed by atoms with van der Waals surface area (Å²) in [6, 6.07) is 24.0. The maximum absolute atomic E-state index is 12.8. The number of rotatable bonds is 11. The van der Waals surface area contributed by atoms with Crippen LogP contribution in [0, 0.1) is 0 Å². The van der Waals surface area contributed by atoms with E-state index in [9.17, 15) is 9.90 Å². The Labute approximate surface area is 210 Å². The molecule has 2 atom stereocenters. The van der Waals surface area contributed by atoms with Crippen molar-refractivity contribution in [2.75, 3.05) is 20.3 Å². The number of nitrogens with zero attached hydrogens (tertiary/aromatic N) is 1. The highest BCUT2D eigenvalue weighted by molar-refractivity contribution is 5.99. The van der Waals surface area contributed by atoms with E-state index in [0.717, 1.165) is 5.56 Å². The molecule has 0 saturated heterocycles. The summed E-state index contributed by atoms with van der Waals surface area (Å²) >= 11 is 0. The molecule has 0 saturated carbocycles. The number of methoxy groups -OCH3 is 1. The number of hydrogen-bond donors (Lipinski definition) is 2. The Balaban J connectivity index is 1.68. The van der Waals surface area contributed by atoms with Crippen molar-refractivity contribution in [2.24, 2.45) is 4.99 Å². The Kier molecular flexibility index (Phi) is 8.02. The molecule has 2 N–H and O–H groups in total. The molecule has 3 aromatic rings. The molecule has 0 spiro atoms. The lowest BCUT2D eigenvalue weighted by molar-refractivity contribution is -0.146. The summed E-state index contributed by atoms with van der Waals surface area (Å²) in [5.74, 6) is 0.422. The van der Waals surface area contributed by atoms with E-state index in [4.69, 9.17) is 19.3 Å². The van der Waals surface area contributed by atoms with Crippen LogP contribution in [0.5, 0.6) is 11.5 Å². The zero-order valence-corrected chi connectivity index (χ0v) is 20.0. The summed E-state index contributed by atoms with van der Waals surface area (Å²) in [6.45, 7) is 0.464. The molecule has 1 aliphatic rings. The van der Waals surface area contributed by atoms with Gasteiger partial charge >= 0.3 is 5.97 Å². The van der Waals surface area contributed by atoms with Crippen LogP contribution in [0.15, 0.2) is 89.9 Å². The molecule has 7 heteroatoms. The third-order valence-corrected chi connectivity index (χ3v) is 5.94. The Morgan fingerprint density at radius 1 is 1.06 bits per heavy atom. The Bertz CT molecular complexity index is 1220.